The van der Waals surface area contributed by atoms with E-state index < -0.39 is 21.8 Å². The fourth-order valence-electron chi connectivity index (χ4n) is 2.99. The zero-order chi connectivity index (χ0) is 19.7. The van der Waals surface area contributed by atoms with Crippen molar-refractivity contribution in [1.29, 1.82) is 0 Å². The Morgan fingerprint density at radius 2 is 2.14 bits per heavy atom. The van der Waals surface area contributed by atoms with E-state index >= 15 is 0 Å². The Morgan fingerprint density at radius 3 is 2.86 bits per heavy atom. The van der Waals surface area contributed by atoms with Gasteiger partial charge in [0.25, 0.3) is 0 Å². The van der Waals surface area contributed by atoms with Crippen LogP contribution in [0.5, 0.6) is 0 Å². The van der Waals surface area contributed by atoms with Crippen molar-refractivity contribution >= 4 is 32.5 Å². The van der Waals surface area contributed by atoms with Gasteiger partial charge in [-0.05, 0) is 52.6 Å². The second-order valence-corrected chi connectivity index (χ2v) is 8.85. The molecule has 3 aromatic heterocycles. The number of nitrogens with zero attached hydrogens (tertiary/aromatic N) is 2. The lowest BCUT2D eigenvalue weighted by Crippen LogP contribution is -2.30. The molecular formula is C19H17N3O4S2. The van der Waals surface area contributed by atoms with Gasteiger partial charge in [-0.2, -0.15) is 11.3 Å². The van der Waals surface area contributed by atoms with Crippen molar-refractivity contribution < 1.29 is 12.8 Å². The maximum Gasteiger partial charge on any atom is 0.419 e. The number of sulfonamides is 1. The normalized spacial score (nSPS) is 13.0. The second kappa shape index (κ2) is 7.34. The number of thiophene rings is 1. The summed E-state index contributed by atoms with van der Waals surface area (Å²) in [4.78, 5) is 15.8. The number of aromatic nitrogens is 2. The zero-order valence-corrected chi connectivity index (χ0v) is 16.5. The molecule has 144 valence electrons. The lowest BCUT2D eigenvalue weighted by molar-refractivity contribution is 0.526. The van der Waals surface area contributed by atoms with Gasteiger partial charge in [-0.3, -0.25) is 9.55 Å². The number of pyridine rings is 1. The maximum absolute atomic E-state index is 13.0. The van der Waals surface area contributed by atoms with Gasteiger partial charge in [-0.1, -0.05) is 6.07 Å². The van der Waals surface area contributed by atoms with E-state index in [9.17, 15) is 13.2 Å². The molecule has 3 heterocycles. The molecule has 0 saturated carbocycles. The van der Waals surface area contributed by atoms with Crippen LogP contribution < -0.4 is 10.5 Å². The van der Waals surface area contributed by atoms with Crippen molar-refractivity contribution in [2.75, 3.05) is 0 Å². The standard InChI is InChI=1S/C19H17N3O4S2/c1-22-17-5-4-15(10-18(17)26-19(22)23)28(24,25)21-16(9-13-6-8-27-12-13)14-3-2-7-20-11-14/h2-8,10-12,16,21H,9H2,1H3. The number of aryl methyl sites for hydroxylation is 1. The van der Waals surface area contributed by atoms with Crippen LogP contribution in [-0.4, -0.2) is 18.0 Å². The van der Waals surface area contributed by atoms with E-state index in [1.165, 1.54) is 16.7 Å². The summed E-state index contributed by atoms with van der Waals surface area (Å²) >= 11 is 1.56. The molecule has 0 aliphatic heterocycles. The van der Waals surface area contributed by atoms with Gasteiger partial charge in [0.15, 0.2) is 5.58 Å². The predicted octanol–water partition coefficient (Wildman–Crippen LogP) is 2.85. The summed E-state index contributed by atoms with van der Waals surface area (Å²) in [6.45, 7) is 0. The van der Waals surface area contributed by atoms with Crippen LogP contribution in [0, 0.1) is 0 Å². The van der Waals surface area contributed by atoms with Crippen LogP contribution in [0.1, 0.15) is 17.2 Å². The topological polar surface area (TPSA) is 94.2 Å². The van der Waals surface area contributed by atoms with E-state index in [1.807, 2.05) is 22.9 Å². The van der Waals surface area contributed by atoms with Gasteiger partial charge in [-0.15, -0.1) is 0 Å². The number of fused-ring (bicyclic) bond motifs is 1. The summed E-state index contributed by atoms with van der Waals surface area (Å²) in [7, 11) is -2.28. The number of benzene rings is 1. The van der Waals surface area contributed by atoms with Crippen LogP contribution in [0.2, 0.25) is 0 Å². The van der Waals surface area contributed by atoms with Gasteiger partial charge in [0.05, 0.1) is 16.5 Å². The van der Waals surface area contributed by atoms with E-state index in [0.717, 1.165) is 11.1 Å². The minimum absolute atomic E-state index is 0.0357. The van der Waals surface area contributed by atoms with E-state index in [2.05, 4.69) is 9.71 Å². The Hall–Kier alpha value is -2.75. The molecule has 4 rings (SSSR count). The quantitative estimate of drug-likeness (QED) is 0.523. The van der Waals surface area contributed by atoms with E-state index in [0.29, 0.717) is 11.9 Å². The van der Waals surface area contributed by atoms with Gasteiger partial charge >= 0.3 is 5.76 Å². The first-order chi connectivity index (χ1) is 13.4. The van der Waals surface area contributed by atoms with Gasteiger partial charge in [0.2, 0.25) is 10.0 Å². The SMILES string of the molecule is Cn1c(=O)oc2cc(S(=O)(=O)NC(Cc3ccsc3)c3cccnc3)ccc21. The fourth-order valence-corrected chi connectivity index (χ4v) is 4.91. The molecule has 0 aliphatic rings. The molecule has 4 aromatic rings. The van der Waals surface area contributed by atoms with Crippen LogP contribution in [0.3, 0.4) is 0 Å². The predicted molar refractivity (Wildman–Crippen MR) is 107 cm³/mol. The third-order valence-corrected chi connectivity index (χ3v) is 6.68. The highest BCUT2D eigenvalue weighted by Gasteiger charge is 2.23. The third-order valence-electron chi connectivity index (χ3n) is 4.48. The molecule has 0 amide bonds. The number of hydrogen-bond donors (Lipinski definition) is 1. The number of rotatable bonds is 6. The summed E-state index contributed by atoms with van der Waals surface area (Å²) in [6.07, 6.45) is 3.79. The highest BCUT2D eigenvalue weighted by atomic mass is 32.2. The van der Waals surface area contributed by atoms with Crippen molar-refractivity contribution in [3.8, 4) is 0 Å². The highest BCUT2D eigenvalue weighted by Crippen LogP contribution is 2.24. The van der Waals surface area contributed by atoms with E-state index in [1.54, 1.807) is 42.9 Å². The molecule has 0 spiro atoms. The van der Waals surface area contributed by atoms with Crippen LogP contribution in [0.4, 0.5) is 0 Å². The van der Waals surface area contributed by atoms with Crippen molar-refractivity contribution in [3.63, 3.8) is 0 Å². The van der Waals surface area contributed by atoms with Crippen LogP contribution in [-0.2, 0) is 23.5 Å². The first kappa shape index (κ1) is 18.6. The third kappa shape index (κ3) is 3.64. The molecule has 0 bridgehead atoms. The van der Waals surface area contributed by atoms with E-state index in [4.69, 9.17) is 4.42 Å². The Morgan fingerprint density at radius 1 is 1.29 bits per heavy atom. The molecule has 0 fully saturated rings. The number of nitrogens with one attached hydrogen (secondary N) is 1. The molecule has 28 heavy (non-hydrogen) atoms. The van der Waals surface area contributed by atoms with Crippen molar-refractivity contribution in [2.24, 2.45) is 7.05 Å². The van der Waals surface area contributed by atoms with Crippen molar-refractivity contribution in [2.45, 2.75) is 17.4 Å². The van der Waals surface area contributed by atoms with Gasteiger partial charge in [0.1, 0.15) is 0 Å². The molecule has 0 aliphatic carbocycles. The molecule has 1 unspecified atom stereocenters. The molecule has 0 saturated heterocycles. The minimum Gasteiger partial charge on any atom is -0.408 e. The molecule has 0 radical (unpaired) electrons. The average molecular weight is 415 g/mol. The smallest absolute Gasteiger partial charge is 0.408 e. The molecule has 1 N–H and O–H groups in total. The molecule has 1 aromatic carbocycles. The minimum atomic E-state index is -3.85. The number of oxazole rings is 1. The van der Waals surface area contributed by atoms with Gasteiger partial charge in [0, 0.05) is 25.5 Å². The lowest BCUT2D eigenvalue weighted by Gasteiger charge is -2.18. The van der Waals surface area contributed by atoms with Gasteiger partial charge in [-0.25, -0.2) is 17.9 Å². The van der Waals surface area contributed by atoms with E-state index in [-0.39, 0.29) is 10.5 Å². The molecule has 1 atom stereocenters. The first-order valence-corrected chi connectivity index (χ1v) is 10.9. The first-order valence-electron chi connectivity index (χ1n) is 8.47. The molecule has 9 heteroatoms. The van der Waals surface area contributed by atoms with Crippen LogP contribution >= 0.6 is 11.3 Å². The molecule has 7 nitrogen and oxygen atoms in total. The monoisotopic (exact) mass is 415 g/mol. The Bertz CT molecular complexity index is 1260. The second-order valence-electron chi connectivity index (χ2n) is 6.35. The Kier molecular flexibility index (Phi) is 4.88. The summed E-state index contributed by atoms with van der Waals surface area (Å²) < 4.78 is 35.3. The largest absolute Gasteiger partial charge is 0.419 e. The Labute approximate surface area is 165 Å². The Balaban J connectivity index is 1.69. The summed E-state index contributed by atoms with van der Waals surface area (Å²) in [5, 5.41) is 3.94. The summed E-state index contributed by atoms with van der Waals surface area (Å²) in [5.41, 5.74) is 2.56. The van der Waals surface area contributed by atoms with Gasteiger partial charge < -0.3 is 4.42 Å². The molecular weight excluding hydrogens is 398 g/mol. The van der Waals surface area contributed by atoms with Crippen molar-refractivity contribution in [1.82, 2.24) is 14.3 Å². The highest BCUT2D eigenvalue weighted by molar-refractivity contribution is 7.89. The fraction of sp³-hybridized carbons (Fsp3) is 0.158. The maximum atomic E-state index is 13.0. The summed E-state index contributed by atoms with van der Waals surface area (Å²) in [5.74, 6) is -0.539. The van der Waals surface area contributed by atoms with Crippen molar-refractivity contribution in [3.05, 3.63) is 81.2 Å². The van der Waals surface area contributed by atoms with Crippen LogP contribution in [0.25, 0.3) is 11.1 Å². The van der Waals surface area contributed by atoms with Crippen LogP contribution in [0.15, 0.2) is 73.7 Å². The number of hydrogen-bond acceptors (Lipinski definition) is 6. The zero-order valence-electron chi connectivity index (χ0n) is 14.9. The lowest BCUT2D eigenvalue weighted by atomic mass is 10.0. The summed E-state index contributed by atoms with van der Waals surface area (Å²) in [6, 6.07) is 9.49. The average Bonchev–Trinajstić information content (AvgIpc) is 3.30.